The summed E-state index contributed by atoms with van der Waals surface area (Å²) in [5, 5.41) is 3.09. The van der Waals surface area contributed by atoms with Crippen LogP contribution in [0.1, 0.15) is 19.0 Å². The summed E-state index contributed by atoms with van der Waals surface area (Å²) in [6.07, 6.45) is 3.78. The Labute approximate surface area is 124 Å². The molecule has 0 bridgehead atoms. The third-order valence-corrected chi connectivity index (χ3v) is 4.15. The average Bonchev–Trinajstić information content (AvgIpc) is 2.45. The second-order valence-electron chi connectivity index (χ2n) is 4.57. The number of hydrogen-bond acceptors (Lipinski definition) is 5. The number of nitrogens with one attached hydrogen (secondary N) is 2. The topological polar surface area (TPSA) is 84.0 Å². The number of anilines is 2. The van der Waals surface area contributed by atoms with Crippen LogP contribution in [-0.2, 0) is 10.0 Å². The molecule has 21 heavy (non-hydrogen) atoms. The van der Waals surface area contributed by atoms with E-state index < -0.39 is 10.0 Å². The van der Waals surface area contributed by atoms with Crippen LogP contribution >= 0.6 is 0 Å². The van der Waals surface area contributed by atoms with Crippen molar-refractivity contribution in [1.29, 1.82) is 0 Å². The molecule has 0 aliphatic heterocycles. The molecule has 112 valence electrons. The van der Waals surface area contributed by atoms with Gasteiger partial charge in [-0.25, -0.2) is 13.4 Å². The van der Waals surface area contributed by atoms with E-state index in [2.05, 4.69) is 20.0 Å². The van der Waals surface area contributed by atoms with Crippen LogP contribution in [-0.4, -0.2) is 24.9 Å². The zero-order valence-corrected chi connectivity index (χ0v) is 12.8. The van der Waals surface area contributed by atoms with Crippen molar-refractivity contribution in [2.75, 3.05) is 16.6 Å². The zero-order valence-electron chi connectivity index (χ0n) is 12.0. The maximum Gasteiger partial charge on any atom is 0.266 e. The number of nitrogens with zero attached hydrogens (tertiary/aromatic N) is 2. The van der Waals surface area contributed by atoms with Crippen molar-refractivity contribution < 1.29 is 8.42 Å². The molecule has 0 atom stereocenters. The number of hydrogen-bond donors (Lipinski definition) is 2. The summed E-state index contributed by atoms with van der Waals surface area (Å²) >= 11 is 0. The molecule has 6 nitrogen and oxygen atoms in total. The first-order valence-electron chi connectivity index (χ1n) is 6.67. The van der Waals surface area contributed by atoms with E-state index in [1.165, 1.54) is 6.20 Å². The fourth-order valence-electron chi connectivity index (χ4n) is 1.79. The van der Waals surface area contributed by atoms with Gasteiger partial charge >= 0.3 is 0 Å². The summed E-state index contributed by atoms with van der Waals surface area (Å²) in [6.45, 7) is 4.50. The first-order valence-corrected chi connectivity index (χ1v) is 8.15. The van der Waals surface area contributed by atoms with E-state index >= 15 is 0 Å². The number of aromatic nitrogens is 2. The van der Waals surface area contributed by atoms with Crippen molar-refractivity contribution in [2.24, 2.45) is 0 Å². The molecule has 2 aromatic heterocycles. The molecular formula is C14H18N4O2S. The van der Waals surface area contributed by atoms with Gasteiger partial charge in [0.05, 0.1) is 5.69 Å². The highest BCUT2D eigenvalue weighted by Crippen LogP contribution is 2.22. The third kappa shape index (κ3) is 3.91. The van der Waals surface area contributed by atoms with E-state index in [4.69, 9.17) is 0 Å². The van der Waals surface area contributed by atoms with Gasteiger partial charge in [0.1, 0.15) is 10.7 Å². The van der Waals surface area contributed by atoms with Gasteiger partial charge in [-0.1, -0.05) is 13.0 Å². The summed E-state index contributed by atoms with van der Waals surface area (Å²) in [7, 11) is -3.73. The summed E-state index contributed by atoms with van der Waals surface area (Å²) in [5.41, 5.74) is 1.28. The highest BCUT2D eigenvalue weighted by molar-refractivity contribution is 7.92. The van der Waals surface area contributed by atoms with E-state index in [1.54, 1.807) is 37.4 Å². The normalized spacial score (nSPS) is 11.1. The van der Waals surface area contributed by atoms with Gasteiger partial charge in [-0.15, -0.1) is 0 Å². The Balaban J connectivity index is 2.31. The monoisotopic (exact) mass is 306 g/mol. The quantitative estimate of drug-likeness (QED) is 0.856. The molecule has 0 spiro atoms. The Kier molecular flexibility index (Phi) is 4.74. The molecular weight excluding hydrogens is 288 g/mol. The lowest BCUT2D eigenvalue weighted by Crippen LogP contribution is -2.17. The Morgan fingerprint density at radius 3 is 2.76 bits per heavy atom. The van der Waals surface area contributed by atoms with Crippen LogP contribution in [0.2, 0.25) is 0 Å². The van der Waals surface area contributed by atoms with E-state index in [0.717, 1.165) is 12.1 Å². The summed E-state index contributed by atoms with van der Waals surface area (Å²) in [4.78, 5) is 8.16. The number of sulfonamides is 1. The zero-order chi connectivity index (χ0) is 15.3. The molecule has 7 heteroatoms. The van der Waals surface area contributed by atoms with Gasteiger partial charge in [0.2, 0.25) is 0 Å². The van der Waals surface area contributed by atoms with E-state index in [9.17, 15) is 8.42 Å². The minimum atomic E-state index is -3.73. The second kappa shape index (κ2) is 6.53. The molecule has 0 aromatic carbocycles. The molecule has 0 saturated heterocycles. The van der Waals surface area contributed by atoms with Gasteiger partial charge in [0.25, 0.3) is 10.0 Å². The number of rotatable bonds is 6. The smallest absolute Gasteiger partial charge is 0.266 e. The van der Waals surface area contributed by atoms with Crippen molar-refractivity contribution >= 4 is 21.5 Å². The summed E-state index contributed by atoms with van der Waals surface area (Å²) < 4.78 is 27.4. The second-order valence-corrected chi connectivity index (χ2v) is 6.22. The van der Waals surface area contributed by atoms with E-state index in [1.807, 2.05) is 6.92 Å². The van der Waals surface area contributed by atoms with E-state index in [-0.39, 0.29) is 4.90 Å². The maximum absolute atomic E-state index is 12.5. The standard InChI is InChI=1S/C14H18N4O2S/c1-3-8-16-12-7-9-15-10-13(12)21(19,20)18-14-6-4-5-11(2)17-14/h4-7,9-10H,3,8H2,1-2H3,(H,15,16)(H,17,18). The molecule has 2 N–H and O–H groups in total. The number of aryl methyl sites for hydroxylation is 1. The molecule has 0 saturated carbocycles. The van der Waals surface area contributed by atoms with Crippen LogP contribution in [0.5, 0.6) is 0 Å². The average molecular weight is 306 g/mol. The van der Waals surface area contributed by atoms with Gasteiger partial charge < -0.3 is 5.32 Å². The minimum Gasteiger partial charge on any atom is -0.384 e. The van der Waals surface area contributed by atoms with Crippen LogP contribution < -0.4 is 10.0 Å². The Morgan fingerprint density at radius 2 is 2.05 bits per heavy atom. The molecule has 2 rings (SSSR count). The molecule has 0 amide bonds. The van der Waals surface area contributed by atoms with Gasteiger partial charge in [0, 0.05) is 24.6 Å². The lowest BCUT2D eigenvalue weighted by molar-refractivity contribution is 0.601. The lowest BCUT2D eigenvalue weighted by Gasteiger charge is -2.12. The van der Waals surface area contributed by atoms with Crippen molar-refractivity contribution in [3.63, 3.8) is 0 Å². The largest absolute Gasteiger partial charge is 0.384 e. The third-order valence-electron chi connectivity index (χ3n) is 2.77. The van der Waals surface area contributed by atoms with Crippen molar-refractivity contribution in [3.05, 3.63) is 42.4 Å². The Morgan fingerprint density at radius 1 is 1.24 bits per heavy atom. The fourth-order valence-corrected chi connectivity index (χ4v) is 2.92. The van der Waals surface area contributed by atoms with E-state index in [0.29, 0.717) is 18.1 Å². The molecule has 0 unspecified atom stereocenters. The van der Waals surface area contributed by atoms with Crippen LogP contribution in [0.15, 0.2) is 41.6 Å². The van der Waals surface area contributed by atoms with Crippen LogP contribution in [0.4, 0.5) is 11.5 Å². The molecule has 0 aliphatic carbocycles. The van der Waals surface area contributed by atoms with Crippen molar-refractivity contribution in [3.8, 4) is 0 Å². The number of pyridine rings is 2. The first kappa shape index (κ1) is 15.2. The highest BCUT2D eigenvalue weighted by Gasteiger charge is 2.19. The molecule has 0 radical (unpaired) electrons. The minimum absolute atomic E-state index is 0.113. The Hall–Kier alpha value is -2.15. The SMILES string of the molecule is CCCNc1ccncc1S(=O)(=O)Nc1cccc(C)n1. The van der Waals surface area contributed by atoms with Crippen LogP contribution in [0.25, 0.3) is 0 Å². The molecule has 2 heterocycles. The predicted molar refractivity (Wildman–Crippen MR) is 82.8 cm³/mol. The Bertz CT molecular complexity index is 716. The molecule has 0 aliphatic rings. The molecule has 0 fully saturated rings. The van der Waals surface area contributed by atoms with Gasteiger partial charge in [-0.2, -0.15) is 0 Å². The fraction of sp³-hybridized carbons (Fsp3) is 0.286. The molecule has 2 aromatic rings. The van der Waals surface area contributed by atoms with Gasteiger partial charge in [-0.3, -0.25) is 9.71 Å². The van der Waals surface area contributed by atoms with Crippen molar-refractivity contribution in [1.82, 2.24) is 9.97 Å². The summed E-state index contributed by atoms with van der Waals surface area (Å²) in [5.74, 6) is 0.292. The highest BCUT2D eigenvalue weighted by atomic mass is 32.2. The van der Waals surface area contributed by atoms with Crippen LogP contribution in [0.3, 0.4) is 0 Å². The predicted octanol–water partition coefficient (Wildman–Crippen LogP) is 2.41. The first-order chi connectivity index (χ1) is 10.0. The maximum atomic E-state index is 12.5. The van der Waals surface area contributed by atoms with Crippen molar-refractivity contribution in [2.45, 2.75) is 25.2 Å². The van der Waals surface area contributed by atoms with Gasteiger partial charge in [0.15, 0.2) is 0 Å². The lowest BCUT2D eigenvalue weighted by atomic mass is 10.4. The van der Waals surface area contributed by atoms with Crippen LogP contribution in [0, 0.1) is 6.92 Å². The van der Waals surface area contributed by atoms with Gasteiger partial charge in [-0.05, 0) is 31.5 Å². The summed E-state index contributed by atoms with van der Waals surface area (Å²) in [6, 6.07) is 6.81.